The van der Waals surface area contributed by atoms with Gasteiger partial charge in [0.2, 0.25) is 5.91 Å². The Kier molecular flexibility index (Phi) is 5.92. The number of rotatable bonds is 5. The number of halogens is 1. The van der Waals surface area contributed by atoms with Gasteiger partial charge in [0.15, 0.2) is 17.3 Å². The molecule has 30 heavy (non-hydrogen) atoms. The molecule has 0 bridgehead atoms. The second kappa shape index (κ2) is 8.62. The topological polar surface area (TPSA) is 76.2 Å². The summed E-state index contributed by atoms with van der Waals surface area (Å²) in [6.45, 7) is 4.27. The number of aromatic amines is 1. The van der Waals surface area contributed by atoms with E-state index in [-0.39, 0.29) is 16.4 Å². The second-order valence-electron chi connectivity index (χ2n) is 7.08. The zero-order valence-electron chi connectivity index (χ0n) is 16.9. The number of carbonyl (C=O) groups is 1. The molecular weight excluding hydrogens is 422 g/mol. The number of nitrogens with zero attached hydrogens (tertiary/aromatic N) is 1. The van der Waals surface area contributed by atoms with Crippen LogP contribution in [-0.2, 0) is 11.4 Å². The number of ether oxygens (including phenoxy) is 2. The summed E-state index contributed by atoms with van der Waals surface area (Å²) in [4.78, 5) is 12.3. The Bertz CT molecular complexity index is 1070. The molecule has 1 amide bonds. The maximum Gasteiger partial charge on any atom is 0.238 e. The first kappa shape index (κ1) is 20.6. The first-order valence-electron chi connectivity index (χ1n) is 9.52. The first-order valence-corrected chi connectivity index (χ1v) is 10.8. The standard InChI is InChI=1S/C22H22ClN3O3S/c1-12-19-20(30-13(2)22(27)24-21(19)26-25-12)15-6-9-17(18(10-15)28-3)29-11-14-4-7-16(23)8-5-14/h4-10,13,20H,11H2,1-3H3,(H2,24,25,26,27)/t13-,20+/m0/s1. The number of benzene rings is 2. The molecule has 2 atom stereocenters. The molecule has 0 radical (unpaired) electrons. The molecule has 1 aromatic heterocycles. The van der Waals surface area contributed by atoms with E-state index in [2.05, 4.69) is 15.5 Å². The average Bonchev–Trinajstić information content (AvgIpc) is 3.04. The van der Waals surface area contributed by atoms with E-state index >= 15 is 0 Å². The lowest BCUT2D eigenvalue weighted by atomic mass is 10.0. The number of fused-ring (bicyclic) bond motifs is 1. The van der Waals surface area contributed by atoms with Crippen LogP contribution >= 0.6 is 23.4 Å². The fraction of sp³-hybridized carbons (Fsp3) is 0.273. The number of aromatic nitrogens is 2. The number of carbonyl (C=O) groups excluding carboxylic acids is 1. The van der Waals surface area contributed by atoms with Crippen molar-refractivity contribution >= 4 is 35.1 Å². The molecule has 0 spiro atoms. The van der Waals surface area contributed by atoms with Gasteiger partial charge >= 0.3 is 0 Å². The number of methoxy groups -OCH3 is 1. The van der Waals surface area contributed by atoms with E-state index in [0.717, 1.165) is 22.4 Å². The van der Waals surface area contributed by atoms with E-state index in [1.807, 2.05) is 56.3 Å². The summed E-state index contributed by atoms with van der Waals surface area (Å²) in [5, 5.41) is 10.6. The molecule has 0 unspecified atom stereocenters. The van der Waals surface area contributed by atoms with Crippen molar-refractivity contribution in [2.45, 2.75) is 31.0 Å². The SMILES string of the molecule is COc1cc([C@H]2S[C@@H](C)C(=O)Nc3n[nH]c(C)c32)ccc1OCc1ccc(Cl)cc1. The van der Waals surface area contributed by atoms with E-state index in [1.54, 1.807) is 18.9 Å². The molecule has 156 valence electrons. The molecule has 8 heteroatoms. The zero-order chi connectivity index (χ0) is 21.3. The zero-order valence-corrected chi connectivity index (χ0v) is 18.4. The van der Waals surface area contributed by atoms with Crippen LogP contribution in [0.1, 0.15) is 34.6 Å². The third kappa shape index (κ3) is 4.13. The summed E-state index contributed by atoms with van der Waals surface area (Å²) in [6.07, 6.45) is 0. The van der Waals surface area contributed by atoms with Crippen LogP contribution in [0.25, 0.3) is 0 Å². The lowest BCUT2D eigenvalue weighted by Gasteiger charge is -2.19. The predicted octanol–water partition coefficient (Wildman–Crippen LogP) is 5.12. The molecule has 0 fully saturated rings. The maximum absolute atomic E-state index is 12.3. The molecule has 0 aliphatic carbocycles. The Morgan fingerprint density at radius 1 is 1.17 bits per heavy atom. The monoisotopic (exact) mass is 443 g/mol. The van der Waals surface area contributed by atoms with Crippen LogP contribution in [0.4, 0.5) is 5.82 Å². The number of H-pyrrole nitrogens is 1. The van der Waals surface area contributed by atoms with Crippen molar-refractivity contribution in [3.63, 3.8) is 0 Å². The van der Waals surface area contributed by atoms with Crippen molar-refractivity contribution in [2.75, 3.05) is 12.4 Å². The number of amides is 1. The smallest absolute Gasteiger partial charge is 0.238 e. The predicted molar refractivity (Wildman–Crippen MR) is 120 cm³/mol. The molecule has 2 N–H and O–H groups in total. The second-order valence-corrected chi connectivity index (χ2v) is 8.97. The number of thioether (sulfide) groups is 1. The summed E-state index contributed by atoms with van der Waals surface area (Å²) < 4.78 is 11.6. The number of anilines is 1. The van der Waals surface area contributed by atoms with Crippen LogP contribution in [-0.4, -0.2) is 28.5 Å². The van der Waals surface area contributed by atoms with Crippen molar-refractivity contribution in [1.29, 1.82) is 0 Å². The van der Waals surface area contributed by atoms with Gasteiger partial charge in [-0.1, -0.05) is 29.8 Å². The van der Waals surface area contributed by atoms with Crippen molar-refractivity contribution in [2.24, 2.45) is 0 Å². The van der Waals surface area contributed by atoms with E-state index in [4.69, 9.17) is 21.1 Å². The van der Waals surface area contributed by atoms with Crippen LogP contribution in [0.15, 0.2) is 42.5 Å². The minimum atomic E-state index is -0.213. The normalized spacial score (nSPS) is 18.3. The minimum Gasteiger partial charge on any atom is -0.493 e. The summed E-state index contributed by atoms with van der Waals surface area (Å²) in [5.41, 5.74) is 3.94. The Morgan fingerprint density at radius 2 is 1.93 bits per heavy atom. The lowest BCUT2D eigenvalue weighted by Crippen LogP contribution is -2.21. The van der Waals surface area contributed by atoms with Crippen molar-refractivity contribution in [1.82, 2.24) is 10.2 Å². The highest BCUT2D eigenvalue weighted by molar-refractivity contribution is 8.01. The van der Waals surface area contributed by atoms with Gasteiger partial charge in [-0.3, -0.25) is 9.89 Å². The van der Waals surface area contributed by atoms with Crippen molar-refractivity contribution in [3.05, 3.63) is 69.9 Å². The van der Waals surface area contributed by atoms with Crippen LogP contribution in [0.3, 0.4) is 0 Å². The lowest BCUT2D eigenvalue weighted by molar-refractivity contribution is -0.115. The van der Waals surface area contributed by atoms with Crippen molar-refractivity contribution < 1.29 is 14.3 Å². The van der Waals surface area contributed by atoms with Gasteiger partial charge in [0.1, 0.15) is 6.61 Å². The molecule has 6 nitrogen and oxygen atoms in total. The largest absolute Gasteiger partial charge is 0.493 e. The van der Waals surface area contributed by atoms with Gasteiger partial charge in [-0.2, -0.15) is 5.10 Å². The van der Waals surface area contributed by atoms with E-state index in [0.29, 0.717) is 28.9 Å². The van der Waals surface area contributed by atoms with E-state index < -0.39 is 0 Å². The maximum atomic E-state index is 12.3. The van der Waals surface area contributed by atoms with Gasteiger partial charge in [0.25, 0.3) is 0 Å². The molecule has 0 saturated heterocycles. The molecular formula is C22H22ClN3O3S. The fourth-order valence-corrected chi connectivity index (χ4v) is 4.80. The third-order valence-corrected chi connectivity index (χ3v) is 6.66. The van der Waals surface area contributed by atoms with Crippen LogP contribution in [0, 0.1) is 6.92 Å². The Hall–Kier alpha value is -2.64. The highest BCUT2D eigenvalue weighted by Crippen LogP contribution is 2.46. The molecule has 2 heterocycles. The van der Waals surface area contributed by atoms with Gasteiger partial charge in [0.05, 0.1) is 17.6 Å². The van der Waals surface area contributed by atoms with Crippen molar-refractivity contribution in [3.8, 4) is 11.5 Å². The Morgan fingerprint density at radius 3 is 2.67 bits per heavy atom. The quantitative estimate of drug-likeness (QED) is 0.572. The van der Waals surface area contributed by atoms with Crippen LogP contribution in [0.2, 0.25) is 5.02 Å². The van der Waals surface area contributed by atoms with E-state index in [9.17, 15) is 4.79 Å². The molecule has 1 aliphatic heterocycles. The Balaban J connectivity index is 1.62. The number of nitrogens with one attached hydrogen (secondary N) is 2. The van der Waals surface area contributed by atoms with Gasteiger partial charge in [0, 0.05) is 16.3 Å². The summed E-state index contributed by atoms with van der Waals surface area (Å²) in [7, 11) is 1.62. The molecule has 4 rings (SSSR count). The molecule has 3 aromatic rings. The van der Waals surface area contributed by atoms with Gasteiger partial charge in [-0.25, -0.2) is 0 Å². The average molecular weight is 444 g/mol. The van der Waals surface area contributed by atoms with Gasteiger partial charge in [-0.15, -0.1) is 11.8 Å². The fourth-order valence-electron chi connectivity index (χ4n) is 3.36. The van der Waals surface area contributed by atoms with Crippen LogP contribution < -0.4 is 14.8 Å². The molecule has 0 saturated carbocycles. The van der Waals surface area contributed by atoms with Crippen LogP contribution in [0.5, 0.6) is 11.5 Å². The van der Waals surface area contributed by atoms with Gasteiger partial charge < -0.3 is 14.8 Å². The third-order valence-electron chi connectivity index (χ3n) is 5.01. The highest BCUT2D eigenvalue weighted by Gasteiger charge is 2.32. The number of hydrogen-bond donors (Lipinski definition) is 2. The number of hydrogen-bond acceptors (Lipinski definition) is 5. The summed E-state index contributed by atoms with van der Waals surface area (Å²) in [5.74, 6) is 1.83. The summed E-state index contributed by atoms with van der Waals surface area (Å²) >= 11 is 7.53. The van der Waals surface area contributed by atoms with Gasteiger partial charge in [-0.05, 0) is 49.2 Å². The minimum absolute atomic E-state index is 0.0508. The Labute approximate surface area is 184 Å². The highest BCUT2D eigenvalue weighted by atomic mass is 35.5. The number of aryl methyl sites for hydroxylation is 1. The molecule has 2 aromatic carbocycles. The van der Waals surface area contributed by atoms with E-state index in [1.165, 1.54) is 0 Å². The molecule has 1 aliphatic rings. The summed E-state index contributed by atoms with van der Waals surface area (Å²) in [6, 6.07) is 13.4. The first-order chi connectivity index (χ1) is 14.5.